The van der Waals surface area contributed by atoms with Crippen molar-refractivity contribution in [3.63, 3.8) is 0 Å². The highest BCUT2D eigenvalue weighted by atomic mass is 35.5. The summed E-state index contributed by atoms with van der Waals surface area (Å²) in [5.41, 5.74) is 3.94. The van der Waals surface area contributed by atoms with Crippen LogP contribution in [0.3, 0.4) is 0 Å². The molecule has 0 atom stereocenters. The van der Waals surface area contributed by atoms with Gasteiger partial charge in [0, 0.05) is 54.7 Å². The first-order valence-electron chi connectivity index (χ1n) is 12.5. The van der Waals surface area contributed by atoms with Crippen molar-refractivity contribution >= 4 is 45.6 Å². The van der Waals surface area contributed by atoms with Gasteiger partial charge in [-0.15, -0.1) is 11.3 Å². The van der Waals surface area contributed by atoms with E-state index >= 15 is 0 Å². The van der Waals surface area contributed by atoms with Gasteiger partial charge in [0.15, 0.2) is 5.76 Å². The summed E-state index contributed by atoms with van der Waals surface area (Å²) in [6.07, 6.45) is 4.83. The number of carbonyl (C=O) groups excluding carboxylic acids is 1. The summed E-state index contributed by atoms with van der Waals surface area (Å²) < 4.78 is 14.1. The molecule has 1 fully saturated rings. The number of hydrogen-bond acceptors (Lipinski definition) is 7. The molecule has 0 saturated carbocycles. The number of benzene rings is 1. The molecule has 8 nitrogen and oxygen atoms in total. The number of nitrogens with zero attached hydrogens (tertiary/aromatic N) is 4. The quantitative estimate of drug-likeness (QED) is 0.260. The number of carbonyl (C=O) groups is 1. The molecule has 0 spiro atoms. The summed E-state index contributed by atoms with van der Waals surface area (Å²) in [5.74, 6) is 1.12. The zero-order chi connectivity index (χ0) is 26.1. The number of rotatable bonds is 6. The molecule has 1 amide bonds. The molecule has 5 aromatic rings. The van der Waals surface area contributed by atoms with Crippen LogP contribution in [0.25, 0.3) is 21.5 Å². The molecule has 194 valence electrons. The molecule has 0 aliphatic carbocycles. The molecule has 5 heterocycles. The Hall–Kier alpha value is -3.82. The van der Waals surface area contributed by atoms with Crippen LogP contribution in [0.1, 0.15) is 24.1 Å². The van der Waals surface area contributed by atoms with Crippen LogP contribution in [-0.2, 0) is 6.54 Å². The van der Waals surface area contributed by atoms with E-state index in [1.165, 1.54) is 11.3 Å². The van der Waals surface area contributed by atoms with Crippen molar-refractivity contribution in [3.8, 4) is 16.5 Å². The van der Waals surface area contributed by atoms with E-state index in [0.29, 0.717) is 22.5 Å². The fourth-order valence-electron chi connectivity index (χ4n) is 4.97. The number of anilines is 1. The van der Waals surface area contributed by atoms with Gasteiger partial charge in [-0.1, -0.05) is 35.0 Å². The van der Waals surface area contributed by atoms with Crippen LogP contribution in [0, 0.1) is 6.92 Å². The number of halogens is 1. The Balaban J connectivity index is 1.17. The Morgan fingerprint density at radius 2 is 1.97 bits per heavy atom. The molecule has 38 heavy (non-hydrogen) atoms. The van der Waals surface area contributed by atoms with Crippen molar-refractivity contribution in [3.05, 3.63) is 82.6 Å². The normalized spacial score (nSPS) is 14.2. The highest BCUT2D eigenvalue weighted by Crippen LogP contribution is 2.33. The molecule has 0 unspecified atom stereocenters. The molecule has 10 heteroatoms. The number of ether oxygens (including phenoxy) is 1. The smallest absolute Gasteiger partial charge is 0.393 e. The van der Waals surface area contributed by atoms with E-state index in [9.17, 15) is 4.79 Å². The summed E-state index contributed by atoms with van der Waals surface area (Å²) in [7, 11) is 0. The van der Waals surface area contributed by atoms with Crippen LogP contribution in [0.2, 0.25) is 4.34 Å². The van der Waals surface area contributed by atoms with E-state index < -0.39 is 6.09 Å². The number of hydrogen-bond donors (Lipinski definition) is 1. The zero-order valence-corrected chi connectivity index (χ0v) is 22.3. The Bertz CT molecular complexity index is 1570. The number of pyridine rings is 1. The summed E-state index contributed by atoms with van der Waals surface area (Å²) in [6.45, 7) is 4.15. The third-order valence-electron chi connectivity index (χ3n) is 6.82. The first-order valence-corrected chi connectivity index (χ1v) is 13.7. The number of piperidine rings is 1. The molecule has 1 aromatic carbocycles. The summed E-state index contributed by atoms with van der Waals surface area (Å²) in [4.78, 5) is 20.3. The van der Waals surface area contributed by atoms with E-state index in [4.69, 9.17) is 20.9 Å². The monoisotopic (exact) mass is 547 g/mol. The molecule has 0 radical (unpaired) electrons. The average Bonchev–Trinajstić information content (AvgIpc) is 3.65. The molecular weight excluding hydrogens is 522 g/mol. The Kier molecular flexibility index (Phi) is 6.78. The van der Waals surface area contributed by atoms with Crippen molar-refractivity contribution in [2.45, 2.75) is 32.4 Å². The summed E-state index contributed by atoms with van der Waals surface area (Å²) in [6, 6.07) is 17.7. The van der Waals surface area contributed by atoms with Crippen LogP contribution in [0.15, 0.2) is 71.5 Å². The fourth-order valence-corrected chi connectivity index (χ4v) is 5.96. The zero-order valence-electron chi connectivity index (χ0n) is 20.8. The van der Waals surface area contributed by atoms with E-state index in [2.05, 4.69) is 20.4 Å². The first-order chi connectivity index (χ1) is 18.5. The highest BCUT2D eigenvalue weighted by molar-refractivity contribution is 7.19. The van der Waals surface area contributed by atoms with Gasteiger partial charge in [0.25, 0.3) is 0 Å². The van der Waals surface area contributed by atoms with Gasteiger partial charge in [0.2, 0.25) is 5.88 Å². The predicted molar refractivity (Wildman–Crippen MR) is 149 cm³/mol. The van der Waals surface area contributed by atoms with Crippen LogP contribution in [0.5, 0.6) is 5.88 Å². The van der Waals surface area contributed by atoms with Gasteiger partial charge in [-0.2, -0.15) is 0 Å². The molecule has 6 rings (SSSR count). The van der Waals surface area contributed by atoms with Gasteiger partial charge in [-0.25, -0.2) is 4.79 Å². The summed E-state index contributed by atoms with van der Waals surface area (Å²) >= 11 is 7.52. The standard InChI is InChI=1S/C28H26ClN5O3S/c1-18-3-2-4-19-15-26(34(27(18)19)17-21-16-23(37-32-21)24-5-6-25(29)38-24)36-28(35)31-20-9-13-33(14-10-20)22-7-11-30-12-8-22/h2-8,11-12,15-16,20H,9-10,13-14,17H2,1H3,(H,31,35). The minimum Gasteiger partial charge on any atom is -0.393 e. The highest BCUT2D eigenvalue weighted by Gasteiger charge is 2.23. The molecule has 4 aromatic heterocycles. The van der Waals surface area contributed by atoms with Crippen LogP contribution < -0.4 is 15.0 Å². The second-order valence-corrected chi connectivity index (χ2v) is 11.1. The SMILES string of the molecule is Cc1cccc2cc(OC(=O)NC3CCN(c4ccncc4)CC3)n(Cc3cc(-c4ccc(Cl)s4)on3)c12. The van der Waals surface area contributed by atoms with E-state index in [-0.39, 0.29) is 6.04 Å². The maximum Gasteiger partial charge on any atom is 0.414 e. The van der Waals surface area contributed by atoms with Crippen molar-refractivity contribution in [2.24, 2.45) is 0 Å². The van der Waals surface area contributed by atoms with Crippen LogP contribution in [0.4, 0.5) is 10.5 Å². The Labute approximate surface area is 228 Å². The lowest BCUT2D eigenvalue weighted by molar-refractivity contribution is 0.190. The van der Waals surface area contributed by atoms with Gasteiger partial charge >= 0.3 is 6.09 Å². The number of thiophene rings is 1. The first kappa shape index (κ1) is 24.5. The third-order valence-corrected chi connectivity index (χ3v) is 8.07. The molecule has 1 saturated heterocycles. The van der Waals surface area contributed by atoms with Crippen molar-refractivity contribution in [2.75, 3.05) is 18.0 Å². The Morgan fingerprint density at radius 3 is 2.74 bits per heavy atom. The van der Waals surface area contributed by atoms with Gasteiger partial charge in [0.1, 0.15) is 5.69 Å². The van der Waals surface area contributed by atoms with Crippen LogP contribution >= 0.6 is 22.9 Å². The third kappa shape index (κ3) is 5.12. The topological polar surface area (TPSA) is 85.4 Å². The van der Waals surface area contributed by atoms with Gasteiger partial charge < -0.3 is 24.0 Å². The van der Waals surface area contributed by atoms with Crippen molar-refractivity contribution < 1.29 is 14.1 Å². The molecule has 1 aliphatic heterocycles. The number of nitrogens with one attached hydrogen (secondary N) is 1. The lowest BCUT2D eigenvalue weighted by atomic mass is 10.0. The lowest BCUT2D eigenvalue weighted by Gasteiger charge is -2.33. The predicted octanol–water partition coefficient (Wildman–Crippen LogP) is 6.52. The number of para-hydroxylation sites is 1. The largest absolute Gasteiger partial charge is 0.414 e. The molecule has 1 aliphatic rings. The fraction of sp³-hybridized carbons (Fsp3) is 0.250. The second kappa shape index (κ2) is 10.5. The second-order valence-electron chi connectivity index (χ2n) is 9.37. The van der Waals surface area contributed by atoms with Crippen molar-refractivity contribution in [1.29, 1.82) is 0 Å². The van der Waals surface area contributed by atoms with E-state index in [1.807, 2.05) is 66.1 Å². The number of fused-ring (bicyclic) bond motifs is 1. The molecular formula is C28H26ClN5O3S. The van der Waals surface area contributed by atoms with Crippen LogP contribution in [-0.4, -0.2) is 39.9 Å². The van der Waals surface area contributed by atoms with Gasteiger partial charge in [-0.3, -0.25) is 4.98 Å². The lowest BCUT2D eigenvalue weighted by Crippen LogP contribution is -2.45. The maximum absolute atomic E-state index is 13.0. The summed E-state index contributed by atoms with van der Waals surface area (Å²) in [5, 5.41) is 8.31. The molecule has 1 N–H and O–H groups in total. The number of aryl methyl sites for hydroxylation is 1. The van der Waals surface area contributed by atoms with E-state index in [1.54, 1.807) is 12.4 Å². The van der Waals surface area contributed by atoms with E-state index in [0.717, 1.165) is 58.7 Å². The number of aromatic nitrogens is 3. The van der Waals surface area contributed by atoms with Gasteiger partial charge in [-0.05, 0) is 49.6 Å². The van der Waals surface area contributed by atoms with Gasteiger partial charge in [0.05, 0.1) is 21.3 Å². The Morgan fingerprint density at radius 1 is 1.16 bits per heavy atom. The minimum absolute atomic E-state index is 0.0517. The minimum atomic E-state index is -0.455. The average molecular weight is 548 g/mol. The van der Waals surface area contributed by atoms with Crippen molar-refractivity contribution in [1.82, 2.24) is 20.0 Å². The maximum atomic E-state index is 13.0. The molecule has 0 bridgehead atoms. The number of amides is 1.